The van der Waals surface area contributed by atoms with Gasteiger partial charge < -0.3 is 0 Å². The third-order valence-corrected chi connectivity index (χ3v) is 3.32. The topological polar surface area (TPSA) is 61.0 Å². The van der Waals surface area contributed by atoms with Crippen molar-refractivity contribution in [2.24, 2.45) is 0 Å². The zero-order valence-corrected chi connectivity index (χ0v) is 8.98. The number of fused-ring (bicyclic) bond motifs is 3. The molecule has 0 saturated carbocycles. The van der Waals surface area contributed by atoms with Crippen LogP contribution in [-0.2, 0) is 0 Å². The Hall–Kier alpha value is -1.82. The van der Waals surface area contributed by atoms with Crippen LogP contribution in [0.3, 0.4) is 0 Å². The van der Waals surface area contributed by atoms with Gasteiger partial charge in [-0.15, -0.1) is 0 Å². The minimum atomic E-state index is -0.390. The Morgan fingerprint density at radius 1 is 1.50 bits per heavy atom. The minimum absolute atomic E-state index is 0.0965. The van der Waals surface area contributed by atoms with E-state index in [1.54, 1.807) is 23.9 Å². The SMILES string of the molecule is O=[N+]([O-])c1ccc2nc3n(c2c1)C=CCS3. The van der Waals surface area contributed by atoms with Crippen LogP contribution in [0, 0.1) is 10.1 Å². The average Bonchev–Trinajstić information content (AvgIpc) is 2.66. The Bertz CT molecular complexity index is 618. The lowest BCUT2D eigenvalue weighted by Gasteiger charge is -2.05. The Labute approximate surface area is 94.9 Å². The summed E-state index contributed by atoms with van der Waals surface area (Å²) in [6.45, 7) is 0. The van der Waals surface area contributed by atoms with Crippen LogP contribution in [0.1, 0.15) is 0 Å². The lowest BCUT2D eigenvalue weighted by molar-refractivity contribution is -0.384. The molecule has 0 fully saturated rings. The number of hydrogen-bond acceptors (Lipinski definition) is 4. The van der Waals surface area contributed by atoms with Gasteiger partial charge in [-0.25, -0.2) is 4.98 Å². The highest BCUT2D eigenvalue weighted by Crippen LogP contribution is 2.29. The van der Waals surface area contributed by atoms with E-state index >= 15 is 0 Å². The van der Waals surface area contributed by atoms with Crippen LogP contribution in [-0.4, -0.2) is 20.2 Å². The van der Waals surface area contributed by atoms with Crippen molar-refractivity contribution in [3.05, 3.63) is 34.4 Å². The molecule has 1 aromatic carbocycles. The van der Waals surface area contributed by atoms with Gasteiger partial charge in [0, 0.05) is 24.1 Å². The molecule has 1 aliphatic heterocycles. The lowest BCUT2D eigenvalue weighted by atomic mass is 10.3. The van der Waals surface area contributed by atoms with E-state index in [0.29, 0.717) is 0 Å². The normalized spacial score (nSPS) is 14.0. The minimum Gasteiger partial charge on any atom is -0.294 e. The van der Waals surface area contributed by atoms with Crippen molar-refractivity contribution < 1.29 is 4.92 Å². The molecule has 3 rings (SSSR count). The molecule has 5 nitrogen and oxygen atoms in total. The summed E-state index contributed by atoms with van der Waals surface area (Å²) in [6.07, 6.45) is 3.92. The smallest absolute Gasteiger partial charge is 0.271 e. The van der Waals surface area contributed by atoms with E-state index in [9.17, 15) is 10.1 Å². The maximum absolute atomic E-state index is 10.7. The number of nitro benzene ring substituents is 1. The van der Waals surface area contributed by atoms with Gasteiger partial charge in [0.25, 0.3) is 5.69 Å². The van der Waals surface area contributed by atoms with Crippen molar-refractivity contribution in [2.75, 3.05) is 5.75 Å². The second-order valence-corrected chi connectivity index (χ2v) is 4.38. The van der Waals surface area contributed by atoms with Gasteiger partial charge in [-0.3, -0.25) is 14.7 Å². The number of non-ortho nitro benzene ring substituents is 1. The van der Waals surface area contributed by atoms with E-state index in [4.69, 9.17) is 0 Å². The van der Waals surface area contributed by atoms with Crippen LogP contribution >= 0.6 is 11.8 Å². The summed E-state index contributed by atoms with van der Waals surface area (Å²) in [6, 6.07) is 4.73. The fourth-order valence-corrected chi connectivity index (χ4v) is 2.48. The molecular formula is C10H7N3O2S. The summed E-state index contributed by atoms with van der Waals surface area (Å²) in [5.41, 5.74) is 1.67. The van der Waals surface area contributed by atoms with Gasteiger partial charge in [-0.05, 0) is 6.07 Å². The number of nitrogens with zero attached hydrogens (tertiary/aromatic N) is 3. The number of benzene rings is 1. The molecule has 0 amide bonds. The maximum atomic E-state index is 10.7. The number of nitro groups is 1. The Morgan fingerprint density at radius 3 is 3.19 bits per heavy atom. The zero-order valence-electron chi connectivity index (χ0n) is 8.16. The van der Waals surface area contributed by atoms with E-state index in [1.165, 1.54) is 6.07 Å². The van der Waals surface area contributed by atoms with Crippen molar-refractivity contribution in [1.82, 2.24) is 9.55 Å². The molecule has 1 aliphatic rings. The number of aromatic nitrogens is 2. The molecule has 16 heavy (non-hydrogen) atoms. The molecule has 2 aromatic rings. The molecule has 0 bridgehead atoms. The van der Waals surface area contributed by atoms with Crippen molar-refractivity contribution in [3.63, 3.8) is 0 Å². The van der Waals surface area contributed by atoms with Crippen LogP contribution in [0.5, 0.6) is 0 Å². The molecule has 0 atom stereocenters. The highest BCUT2D eigenvalue weighted by atomic mass is 32.2. The monoisotopic (exact) mass is 233 g/mol. The predicted molar refractivity (Wildman–Crippen MR) is 62.4 cm³/mol. The molecule has 6 heteroatoms. The van der Waals surface area contributed by atoms with Gasteiger partial charge >= 0.3 is 0 Å². The van der Waals surface area contributed by atoms with Gasteiger partial charge in [0.2, 0.25) is 0 Å². The van der Waals surface area contributed by atoms with Crippen LogP contribution in [0.15, 0.2) is 29.4 Å². The highest BCUT2D eigenvalue weighted by Gasteiger charge is 2.15. The predicted octanol–water partition coefficient (Wildman–Crippen LogP) is 2.52. The third-order valence-electron chi connectivity index (χ3n) is 2.41. The Balaban J connectivity index is 2.30. The van der Waals surface area contributed by atoms with E-state index in [2.05, 4.69) is 4.98 Å². The maximum Gasteiger partial charge on any atom is 0.271 e. The number of thioether (sulfide) groups is 1. The molecule has 1 aromatic heterocycles. The summed E-state index contributed by atoms with van der Waals surface area (Å²) >= 11 is 1.62. The van der Waals surface area contributed by atoms with E-state index in [1.807, 2.05) is 16.8 Å². The molecule has 2 heterocycles. The first-order valence-corrected chi connectivity index (χ1v) is 5.70. The van der Waals surface area contributed by atoms with Gasteiger partial charge in [0.15, 0.2) is 5.16 Å². The molecule has 0 unspecified atom stereocenters. The van der Waals surface area contributed by atoms with Crippen LogP contribution < -0.4 is 0 Å². The van der Waals surface area contributed by atoms with Crippen molar-refractivity contribution in [1.29, 1.82) is 0 Å². The summed E-state index contributed by atoms with van der Waals surface area (Å²) in [5.74, 6) is 0.894. The Kier molecular flexibility index (Phi) is 1.97. The van der Waals surface area contributed by atoms with Crippen LogP contribution in [0.25, 0.3) is 17.2 Å². The van der Waals surface area contributed by atoms with E-state index in [-0.39, 0.29) is 10.6 Å². The molecule has 80 valence electrons. The third kappa shape index (κ3) is 1.30. The van der Waals surface area contributed by atoms with Crippen LogP contribution in [0.2, 0.25) is 0 Å². The molecule has 0 saturated heterocycles. The first kappa shape index (κ1) is 9.41. The molecule has 0 aliphatic carbocycles. The largest absolute Gasteiger partial charge is 0.294 e. The average molecular weight is 233 g/mol. The van der Waals surface area contributed by atoms with Crippen molar-refractivity contribution in [3.8, 4) is 0 Å². The summed E-state index contributed by atoms with van der Waals surface area (Å²) in [5, 5.41) is 11.6. The summed E-state index contributed by atoms with van der Waals surface area (Å²) in [7, 11) is 0. The number of rotatable bonds is 1. The summed E-state index contributed by atoms with van der Waals surface area (Å²) in [4.78, 5) is 14.7. The van der Waals surface area contributed by atoms with Gasteiger partial charge in [0.05, 0.1) is 16.0 Å². The Morgan fingerprint density at radius 2 is 2.38 bits per heavy atom. The zero-order chi connectivity index (χ0) is 11.1. The van der Waals surface area contributed by atoms with Crippen molar-refractivity contribution in [2.45, 2.75) is 5.16 Å². The first-order valence-electron chi connectivity index (χ1n) is 4.71. The van der Waals surface area contributed by atoms with Crippen LogP contribution in [0.4, 0.5) is 5.69 Å². The van der Waals surface area contributed by atoms with E-state index < -0.39 is 0 Å². The molecule has 0 radical (unpaired) electrons. The van der Waals surface area contributed by atoms with Gasteiger partial charge in [0.1, 0.15) is 0 Å². The van der Waals surface area contributed by atoms with Gasteiger partial charge in [-0.2, -0.15) is 0 Å². The second kappa shape index (κ2) is 3.34. The standard InChI is InChI=1S/C10H7N3O2S/c14-13(15)7-2-3-8-9(6-7)12-4-1-5-16-10(12)11-8/h1-4,6H,5H2. The molecule has 0 spiro atoms. The molecular weight excluding hydrogens is 226 g/mol. The summed E-state index contributed by atoms with van der Waals surface area (Å²) < 4.78 is 1.89. The first-order chi connectivity index (χ1) is 7.75. The number of hydrogen-bond donors (Lipinski definition) is 0. The fourth-order valence-electron chi connectivity index (χ4n) is 1.69. The van der Waals surface area contributed by atoms with Crippen molar-refractivity contribution >= 4 is 34.7 Å². The fraction of sp³-hybridized carbons (Fsp3) is 0.100. The lowest BCUT2D eigenvalue weighted by Crippen LogP contribution is -1.95. The quantitative estimate of drug-likeness (QED) is 0.561. The van der Waals surface area contributed by atoms with Gasteiger partial charge in [-0.1, -0.05) is 17.8 Å². The van der Waals surface area contributed by atoms with E-state index in [0.717, 1.165) is 21.9 Å². The number of imidazole rings is 1. The highest BCUT2D eigenvalue weighted by molar-refractivity contribution is 7.99. The second-order valence-electron chi connectivity index (χ2n) is 3.39. The molecule has 0 N–H and O–H groups in total.